The minimum Gasteiger partial charge on any atom is -0.507 e. The molecule has 22 heavy (non-hydrogen) atoms. The highest BCUT2D eigenvalue weighted by atomic mass is 35.5. The van der Waals surface area contributed by atoms with E-state index in [1.807, 2.05) is 0 Å². The third-order valence-corrected chi connectivity index (χ3v) is 4.37. The maximum Gasteiger partial charge on any atom is 0.272 e. The molecule has 1 aromatic heterocycles. The average Bonchev–Trinajstić information content (AvgIpc) is 2.48. The summed E-state index contributed by atoms with van der Waals surface area (Å²) in [6.07, 6.45) is 0. The van der Waals surface area contributed by atoms with Crippen molar-refractivity contribution in [2.45, 2.75) is 0 Å². The molecule has 0 unspecified atom stereocenters. The summed E-state index contributed by atoms with van der Waals surface area (Å²) in [6, 6.07) is 7.65. The normalized spacial score (nSPS) is 11.0. The monoisotopic (exact) mass is 354 g/mol. The number of hydrogen-bond acceptors (Lipinski definition) is 3. The van der Waals surface area contributed by atoms with Crippen molar-refractivity contribution >= 4 is 51.4 Å². The second kappa shape index (κ2) is 5.39. The molecule has 112 valence electrons. The van der Waals surface area contributed by atoms with Gasteiger partial charge in [0.2, 0.25) is 0 Å². The summed E-state index contributed by atoms with van der Waals surface area (Å²) >= 11 is 18.3. The van der Waals surface area contributed by atoms with Gasteiger partial charge in [0, 0.05) is 21.5 Å². The number of nitrogens with one attached hydrogen (secondary N) is 1. The van der Waals surface area contributed by atoms with Crippen LogP contribution in [0, 0.1) is 0 Å². The molecule has 1 heterocycles. The van der Waals surface area contributed by atoms with Gasteiger partial charge in [-0.2, -0.15) is 0 Å². The van der Waals surface area contributed by atoms with Gasteiger partial charge in [-0.05, 0) is 30.3 Å². The molecule has 0 atom stereocenters. The topological polar surface area (TPSA) is 79.1 Å². The van der Waals surface area contributed by atoms with E-state index in [0.717, 1.165) is 0 Å². The quantitative estimate of drug-likeness (QED) is 0.603. The number of anilines is 1. The lowest BCUT2D eigenvalue weighted by molar-refractivity contribution is 0.477. The molecule has 2 aromatic carbocycles. The van der Waals surface area contributed by atoms with Gasteiger partial charge in [-0.25, -0.2) is 0 Å². The SMILES string of the molecule is Nc1c(-c2cc(Cl)ccc2O)c2c(Cl)c(Cl)ccc2[nH]c1=O. The maximum atomic E-state index is 12.0. The first-order valence-corrected chi connectivity index (χ1v) is 7.32. The highest BCUT2D eigenvalue weighted by Crippen LogP contribution is 2.42. The Morgan fingerprint density at radius 2 is 1.82 bits per heavy atom. The van der Waals surface area contributed by atoms with Crippen LogP contribution in [0.15, 0.2) is 35.1 Å². The van der Waals surface area contributed by atoms with Crippen LogP contribution in [0.4, 0.5) is 5.69 Å². The van der Waals surface area contributed by atoms with Crippen LogP contribution >= 0.6 is 34.8 Å². The highest BCUT2D eigenvalue weighted by molar-refractivity contribution is 6.46. The summed E-state index contributed by atoms with van der Waals surface area (Å²) in [7, 11) is 0. The molecule has 0 saturated carbocycles. The van der Waals surface area contributed by atoms with E-state index in [1.54, 1.807) is 12.1 Å². The molecule has 0 radical (unpaired) electrons. The molecular weight excluding hydrogens is 347 g/mol. The molecular formula is C15H9Cl3N2O2. The number of rotatable bonds is 1. The summed E-state index contributed by atoms with van der Waals surface area (Å²) < 4.78 is 0. The fraction of sp³-hybridized carbons (Fsp3) is 0. The molecule has 0 aliphatic heterocycles. The van der Waals surface area contributed by atoms with E-state index in [-0.39, 0.29) is 16.5 Å². The van der Waals surface area contributed by atoms with Gasteiger partial charge in [0.15, 0.2) is 0 Å². The highest BCUT2D eigenvalue weighted by Gasteiger charge is 2.19. The number of halogens is 3. The molecule has 0 aliphatic rings. The van der Waals surface area contributed by atoms with Gasteiger partial charge < -0.3 is 15.8 Å². The second-order valence-corrected chi connectivity index (χ2v) is 5.91. The molecule has 4 nitrogen and oxygen atoms in total. The van der Waals surface area contributed by atoms with Crippen LogP contribution in [0.3, 0.4) is 0 Å². The van der Waals surface area contributed by atoms with Crippen LogP contribution in [0.1, 0.15) is 0 Å². The summed E-state index contributed by atoms with van der Waals surface area (Å²) in [5.74, 6) is -0.0703. The van der Waals surface area contributed by atoms with E-state index in [1.165, 1.54) is 18.2 Å². The number of hydrogen-bond donors (Lipinski definition) is 3. The van der Waals surface area contributed by atoms with Crippen molar-refractivity contribution in [3.05, 3.63) is 55.8 Å². The molecule has 4 N–H and O–H groups in total. The van der Waals surface area contributed by atoms with Gasteiger partial charge in [0.1, 0.15) is 11.4 Å². The van der Waals surface area contributed by atoms with Crippen molar-refractivity contribution in [1.82, 2.24) is 4.98 Å². The van der Waals surface area contributed by atoms with Crippen molar-refractivity contribution in [1.29, 1.82) is 0 Å². The number of benzene rings is 2. The number of pyridine rings is 1. The zero-order valence-electron chi connectivity index (χ0n) is 11.0. The third-order valence-electron chi connectivity index (χ3n) is 3.33. The van der Waals surface area contributed by atoms with E-state index in [4.69, 9.17) is 40.5 Å². The largest absolute Gasteiger partial charge is 0.507 e. The van der Waals surface area contributed by atoms with Crippen LogP contribution in [-0.2, 0) is 0 Å². The summed E-state index contributed by atoms with van der Waals surface area (Å²) in [6.45, 7) is 0. The number of aromatic hydroxyl groups is 1. The number of nitrogen functional groups attached to an aromatic ring is 1. The minimum absolute atomic E-state index is 0.0703. The summed E-state index contributed by atoms with van der Waals surface area (Å²) in [5.41, 5.74) is 6.43. The molecule has 7 heteroatoms. The Morgan fingerprint density at radius 3 is 2.55 bits per heavy atom. The molecule has 0 bridgehead atoms. The fourth-order valence-corrected chi connectivity index (χ4v) is 2.91. The first-order chi connectivity index (χ1) is 10.4. The number of phenols is 1. The maximum absolute atomic E-state index is 12.0. The van der Waals surface area contributed by atoms with Crippen molar-refractivity contribution < 1.29 is 5.11 Å². The first kappa shape index (κ1) is 15.0. The van der Waals surface area contributed by atoms with Gasteiger partial charge in [-0.1, -0.05) is 34.8 Å². The van der Waals surface area contributed by atoms with Crippen LogP contribution in [0.5, 0.6) is 5.75 Å². The van der Waals surface area contributed by atoms with E-state index in [9.17, 15) is 9.90 Å². The number of aromatic amines is 1. The van der Waals surface area contributed by atoms with Crippen molar-refractivity contribution in [3.8, 4) is 16.9 Å². The number of nitrogens with two attached hydrogens (primary N) is 1. The van der Waals surface area contributed by atoms with Crippen LogP contribution in [0.25, 0.3) is 22.0 Å². The minimum atomic E-state index is -0.486. The fourth-order valence-electron chi connectivity index (χ4n) is 2.33. The van der Waals surface area contributed by atoms with Gasteiger partial charge in [0.05, 0.1) is 15.6 Å². The lowest BCUT2D eigenvalue weighted by atomic mass is 9.98. The van der Waals surface area contributed by atoms with Crippen LogP contribution in [-0.4, -0.2) is 10.1 Å². The zero-order chi connectivity index (χ0) is 16.0. The van der Waals surface area contributed by atoms with E-state index in [0.29, 0.717) is 32.1 Å². The summed E-state index contributed by atoms with van der Waals surface area (Å²) in [4.78, 5) is 14.7. The van der Waals surface area contributed by atoms with Crippen molar-refractivity contribution in [2.24, 2.45) is 0 Å². The lowest BCUT2D eigenvalue weighted by Crippen LogP contribution is -2.13. The van der Waals surface area contributed by atoms with E-state index < -0.39 is 5.56 Å². The number of fused-ring (bicyclic) bond motifs is 1. The van der Waals surface area contributed by atoms with Crippen molar-refractivity contribution in [3.63, 3.8) is 0 Å². The Labute approximate surface area is 140 Å². The smallest absolute Gasteiger partial charge is 0.272 e. The molecule has 0 saturated heterocycles. The Kier molecular flexibility index (Phi) is 3.68. The molecule has 0 fully saturated rings. The standard InChI is InChI=1S/C15H9Cl3N2O2/c16-6-1-4-10(21)7(5-6)11-12-9(20-15(22)14(11)19)3-2-8(17)13(12)18/h1-5,21H,19H2,(H,20,22). The number of H-pyrrole nitrogens is 1. The predicted octanol–water partition coefficient (Wildman–Crippen LogP) is 4.44. The molecule has 0 spiro atoms. The van der Waals surface area contributed by atoms with Gasteiger partial charge in [-0.3, -0.25) is 4.79 Å². The van der Waals surface area contributed by atoms with E-state index in [2.05, 4.69) is 4.98 Å². The second-order valence-electron chi connectivity index (χ2n) is 4.69. The van der Waals surface area contributed by atoms with Crippen LogP contribution in [0.2, 0.25) is 15.1 Å². The van der Waals surface area contributed by atoms with Gasteiger partial charge >= 0.3 is 0 Å². The molecule has 0 amide bonds. The Balaban J connectivity index is 2.57. The first-order valence-electron chi connectivity index (χ1n) is 6.18. The van der Waals surface area contributed by atoms with Gasteiger partial charge in [0.25, 0.3) is 5.56 Å². The number of aromatic nitrogens is 1. The predicted molar refractivity (Wildman–Crippen MR) is 91.1 cm³/mol. The Morgan fingerprint density at radius 1 is 1.09 bits per heavy atom. The Bertz CT molecular complexity index is 967. The van der Waals surface area contributed by atoms with Crippen molar-refractivity contribution in [2.75, 3.05) is 5.73 Å². The average molecular weight is 356 g/mol. The molecule has 3 aromatic rings. The molecule has 3 rings (SSSR count). The van der Waals surface area contributed by atoms with Gasteiger partial charge in [-0.15, -0.1) is 0 Å². The number of phenolic OH excluding ortho intramolecular Hbond substituents is 1. The Hall–Kier alpha value is -1.88. The summed E-state index contributed by atoms with van der Waals surface area (Å²) in [5, 5.41) is 11.5. The van der Waals surface area contributed by atoms with E-state index >= 15 is 0 Å². The zero-order valence-corrected chi connectivity index (χ0v) is 13.2. The third kappa shape index (κ3) is 2.29. The molecule has 0 aliphatic carbocycles. The van der Waals surface area contributed by atoms with Crippen LogP contribution < -0.4 is 11.3 Å². The lowest BCUT2D eigenvalue weighted by Gasteiger charge is -2.13.